The smallest absolute Gasteiger partial charge is 0.241 e. The monoisotopic (exact) mass is 433 g/mol. The number of aromatic nitrogens is 3. The highest BCUT2D eigenvalue weighted by molar-refractivity contribution is 5.94. The normalized spacial score (nSPS) is 16.6. The van der Waals surface area contributed by atoms with E-state index in [4.69, 9.17) is 4.74 Å². The van der Waals surface area contributed by atoms with Crippen molar-refractivity contribution in [2.45, 2.75) is 58.0 Å². The second-order valence-corrected chi connectivity index (χ2v) is 8.25. The number of nitrogens with one attached hydrogen (secondary N) is 2. The van der Waals surface area contributed by atoms with Crippen molar-refractivity contribution in [2.75, 3.05) is 11.9 Å². The topological polar surface area (TPSA) is 83.1 Å². The van der Waals surface area contributed by atoms with Gasteiger partial charge in [-0.3, -0.25) is 14.7 Å². The molecule has 1 aromatic carbocycles. The molecule has 4 rings (SSSR count). The first-order chi connectivity index (χ1) is 15.7. The molecule has 0 saturated carbocycles. The van der Waals surface area contributed by atoms with Gasteiger partial charge in [0.25, 0.3) is 0 Å². The van der Waals surface area contributed by atoms with Gasteiger partial charge in [0.05, 0.1) is 12.2 Å². The predicted octanol–water partition coefficient (Wildman–Crippen LogP) is 4.93. The van der Waals surface area contributed by atoms with Crippen molar-refractivity contribution in [3.8, 4) is 11.5 Å². The molecule has 2 N–H and O–H groups in total. The van der Waals surface area contributed by atoms with E-state index < -0.39 is 0 Å². The van der Waals surface area contributed by atoms with Crippen LogP contribution in [0.15, 0.2) is 55.0 Å². The maximum absolute atomic E-state index is 13.1. The Morgan fingerprint density at radius 1 is 1.19 bits per heavy atom. The minimum absolute atomic E-state index is 0.0383. The quantitative estimate of drug-likeness (QED) is 0.500. The number of carbonyl (C=O) groups is 1. The van der Waals surface area contributed by atoms with Crippen LogP contribution in [0.4, 0.5) is 5.69 Å². The number of H-pyrrole nitrogens is 1. The van der Waals surface area contributed by atoms with Crippen LogP contribution in [-0.4, -0.2) is 38.3 Å². The number of piperidine rings is 1. The summed E-state index contributed by atoms with van der Waals surface area (Å²) >= 11 is 0. The summed E-state index contributed by atoms with van der Waals surface area (Å²) in [6.45, 7) is 3.82. The lowest BCUT2D eigenvalue weighted by Crippen LogP contribution is -2.46. The van der Waals surface area contributed by atoms with Crippen LogP contribution in [-0.2, 0) is 17.8 Å². The second kappa shape index (κ2) is 10.9. The number of nitrogens with zero attached hydrogens (tertiary/aromatic N) is 3. The molecule has 1 fully saturated rings. The molecule has 7 heteroatoms. The maximum Gasteiger partial charge on any atom is 0.241 e. The van der Waals surface area contributed by atoms with Gasteiger partial charge in [-0.1, -0.05) is 19.8 Å². The molecule has 32 heavy (non-hydrogen) atoms. The Morgan fingerprint density at radius 2 is 2.06 bits per heavy atom. The Bertz CT molecular complexity index is 987. The van der Waals surface area contributed by atoms with Crippen molar-refractivity contribution in [2.24, 2.45) is 0 Å². The average molecular weight is 434 g/mol. The summed E-state index contributed by atoms with van der Waals surface area (Å²) < 4.78 is 5.77. The van der Waals surface area contributed by atoms with Crippen molar-refractivity contribution >= 4 is 11.6 Å². The summed E-state index contributed by atoms with van der Waals surface area (Å²) in [6, 6.07) is 11.0. The summed E-state index contributed by atoms with van der Waals surface area (Å²) in [5.41, 5.74) is 1.84. The van der Waals surface area contributed by atoms with E-state index in [-0.39, 0.29) is 11.9 Å². The number of pyridine rings is 1. The molecule has 0 radical (unpaired) electrons. The standard InChI is InChI=1S/C25H31N5O2/c1-2-3-9-24-27-16-20(28-24)18-30-15-5-4-8-23(30)25(31)29-19-10-12-21(13-11-19)32-22-7-6-14-26-17-22/h6-7,10-14,16-17,23H,2-5,8-9,15,18H2,1H3,(H,27,28)(H,29,31)/t23-/m0/s1. The van der Waals surface area contributed by atoms with E-state index in [0.29, 0.717) is 11.5 Å². The first-order valence-electron chi connectivity index (χ1n) is 11.5. The zero-order chi connectivity index (χ0) is 22.2. The molecule has 0 aliphatic carbocycles. The predicted molar refractivity (Wildman–Crippen MR) is 125 cm³/mol. The number of aromatic amines is 1. The number of aryl methyl sites for hydroxylation is 1. The van der Waals surface area contributed by atoms with Crippen LogP contribution >= 0.6 is 0 Å². The summed E-state index contributed by atoms with van der Waals surface area (Å²) in [7, 11) is 0. The highest BCUT2D eigenvalue weighted by Gasteiger charge is 2.29. The fraction of sp³-hybridized carbons (Fsp3) is 0.400. The largest absolute Gasteiger partial charge is 0.456 e. The van der Waals surface area contributed by atoms with Gasteiger partial charge in [-0.05, 0) is 62.2 Å². The molecule has 1 amide bonds. The minimum Gasteiger partial charge on any atom is -0.456 e. The fourth-order valence-corrected chi connectivity index (χ4v) is 4.03. The van der Waals surface area contributed by atoms with Crippen LogP contribution in [0, 0.1) is 0 Å². The van der Waals surface area contributed by atoms with Crippen molar-refractivity contribution in [1.29, 1.82) is 0 Å². The van der Waals surface area contributed by atoms with Gasteiger partial charge in [0.15, 0.2) is 0 Å². The first kappa shape index (κ1) is 22.0. The Balaban J connectivity index is 1.35. The van der Waals surface area contributed by atoms with E-state index in [1.54, 1.807) is 12.4 Å². The van der Waals surface area contributed by atoms with Gasteiger partial charge in [0.1, 0.15) is 17.3 Å². The molecule has 2 aromatic heterocycles. The lowest BCUT2D eigenvalue weighted by atomic mass is 10.0. The Kier molecular flexibility index (Phi) is 7.51. The van der Waals surface area contributed by atoms with E-state index in [9.17, 15) is 4.79 Å². The van der Waals surface area contributed by atoms with Gasteiger partial charge in [0, 0.05) is 36.7 Å². The third-order valence-corrected chi connectivity index (χ3v) is 5.73. The maximum atomic E-state index is 13.1. The number of likely N-dealkylation sites (tertiary alicyclic amines) is 1. The number of hydrogen-bond acceptors (Lipinski definition) is 5. The molecule has 0 spiro atoms. The van der Waals surface area contributed by atoms with Gasteiger partial charge >= 0.3 is 0 Å². The van der Waals surface area contributed by atoms with E-state index in [1.807, 2.05) is 42.6 Å². The van der Waals surface area contributed by atoms with Gasteiger partial charge in [-0.25, -0.2) is 4.98 Å². The van der Waals surface area contributed by atoms with E-state index in [1.165, 1.54) is 0 Å². The molecule has 0 unspecified atom stereocenters. The van der Waals surface area contributed by atoms with Crippen LogP contribution in [0.1, 0.15) is 50.5 Å². The number of hydrogen-bond donors (Lipinski definition) is 2. The number of amides is 1. The highest BCUT2D eigenvalue weighted by Crippen LogP contribution is 2.24. The highest BCUT2D eigenvalue weighted by atomic mass is 16.5. The zero-order valence-corrected chi connectivity index (χ0v) is 18.6. The second-order valence-electron chi connectivity index (χ2n) is 8.25. The van der Waals surface area contributed by atoms with E-state index in [0.717, 1.165) is 68.8 Å². The van der Waals surface area contributed by atoms with Crippen LogP contribution < -0.4 is 10.1 Å². The number of anilines is 1. The molecule has 7 nitrogen and oxygen atoms in total. The lowest BCUT2D eigenvalue weighted by molar-refractivity contribution is -0.122. The van der Waals surface area contributed by atoms with Gasteiger partial charge < -0.3 is 15.0 Å². The molecule has 168 valence electrons. The van der Waals surface area contributed by atoms with E-state index in [2.05, 4.69) is 32.1 Å². The average Bonchev–Trinajstić information content (AvgIpc) is 3.27. The molecule has 1 aliphatic rings. The minimum atomic E-state index is -0.141. The van der Waals surface area contributed by atoms with Crippen molar-refractivity contribution in [3.63, 3.8) is 0 Å². The molecule has 3 aromatic rings. The molecular formula is C25H31N5O2. The number of rotatable bonds is 9. The Hall–Kier alpha value is -3.19. The van der Waals surface area contributed by atoms with Crippen LogP contribution in [0.25, 0.3) is 0 Å². The molecule has 1 aliphatic heterocycles. The summed E-state index contributed by atoms with van der Waals surface area (Å²) in [6.07, 6.45) is 11.6. The molecular weight excluding hydrogens is 402 g/mol. The van der Waals surface area contributed by atoms with E-state index >= 15 is 0 Å². The van der Waals surface area contributed by atoms with Gasteiger partial charge in [-0.15, -0.1) is 0 Å². The summed E-state index contributed by atoms with van der Waals surface area (Å²) in [5.74, 6) is 2.46. The number of ether oxygens (including phenoxy) is 1. The van der Waals surface area contributed by atoms with Gasteiger partial charge in [-0.2, -0.15) is 0 Å². The summed E-state index contributed by atoms with van der Waals surface area (Å²) in [5, 5.41) is 3.08. The first-order valence-corrected chi connectivity index (χ1v) is 11.5. The molecule has 1 saturated heterocycles. The number of unbranched alkanes of at least 4 members (excludes halogenated alkanes) is 1. The number of carbonyl (C=O) groups excluding carboxylic acids is 1. The Labute approximate surface area is 189 Å². The van der Waals surface area contributed by atoms with Crippen LogP contribution in [0.2, 0.25) is 0 Å². The van der Waals surface area contributed by atoms with Crippen molar-refractivity contribution < 1.29 is 9.53 Å². The zero-order valence-electron chi connectivity index (χ0n) is 18.6. The summed E-state index contributed by atoms with van der Waals surface area (Å²) in [4.78, 5) is 27.3. The molecule has 1 atom stereocenters. The van der Waals surface area contributed by atoms with Crippen LogP contribution in [0.3, 0.4) is 0 Å². The SMILES string of the molecule is CCCCc1ncc(CN2CCCC[C@H]2C(=O)Nc2ccc(Oc3cccnc3)cc2)[nH]1. The third kappa shape index (κ3) is 5.95. The Morgan fingerprint density at radius 3 is 2.84 bits per heavy atom. The van der Waals surface area contributed by atoms with Crippen molar-refractivity contribution in [1.82, 2.24) is 19.9 Å². The fourth-order valence-electron chi connectivity index (χ4n) is 4.03. The van der Waals surface area contributed by atoms with Crippen molar-refractivity contribution in [3.05, 3.63) is 66.5 Å². The number of imidazole rings is 1. The lowest BCUT2D eigenvalue weighted by Gasteiger charge is -2.34. The molecule has 3 heterocycles. The molecule has 0 bridgehead atoms. The number of benzene rings is 1. The third-order valence-electron chi connectivity index (χ3n) is 5.73. The van der Waals surface area contributed by atoms with Crippen LogP contribution in [0.5, 0.6) is 11.5 Å². The van der Waals surface area contributed by atoms with Gasteiger partial charge in [0.2, 0.25) is 5.91 Å².